The van der Waals surface area contributed by atoms with E-state index >= 15 is 0 Å². The summed E-state index contributed by atoms with van der Waals surface area (Å²) in [5, 5.41) is 1.12. The summed E-state index contributed by atoms with van der Waals surface area (Å²) in [5.41, 5.74) is 2.38. The number of benzene rings is 2. The Labute approximate surface area is 136 Å². The molecule has 0 saturated heterocycles. The molecular weight excluding hydrogens is 322 g/mol. The van der Waals surface area contributed by atoms with Crippen molar-refractivity contribution in [2.45, 2.75) is 11.8 Å². The highest BCUT2D eigenvalue weighted by molar-refractivity contribution is 7.99. The fourth-order valence-electron chi connectivity index (χ4n) is 1.82. The van der Waals surface area contributed by atoms with E-state index in [4.69, 9.17) is 20.8 Å². The topological polar surface area (TPSA) is 52.3 Å². The summed E-state index contributed by atoms with van der Waals surface area (Å²) in [4.78, 5) is 16.0. The first-order valence-corrected chi connectivity index (χ1v) is 7.95. The normalized spacial score (nSPS) is 10.8. The Hall–Kier alpha value is -1.98. The number of oxazole rings is 1. The molecule has 4 nitrogen and oxygen atoms in total. The highest BCUT2D eigenvalue weighted by Gasteiger charge is 2.10. The fraction of sp³-hybridized carbons (Fsp3) is 0.125. The third-order valence-corrected chi connectivity index (χ3v) is 3.95. The van der Waals surface area contributed by atoms with Crippen molar-refractivity contribution < 1.29 is 13.9 Å². The quantitative estimate of drug-likeness (QED) is 0.514. The number of nitrogens with zero attached hydrogens (tertiary/aromatic N) is 1. The third-order valence-electron chi connectivity index (χ3n) is 2.90. The van der Waals surface area contributed by atoms with Gasteiger partial charge in [0.25, 0.3) is 5.22 Å². The van der Waals surface area contributed by atoms with Gasteiger partial charge in [-0.2, -0.15) is 0 Å². The lowest BCUT2D eigenvalue weighted by molar-refractivity contribution is -0.141. The number of rotatable bonds is 5. The number of esters is 1. The highest BCUT2D eigenvalue weighted by atomic mass is 35.5. The molecule has 0 aliphatic carbocycles. The first kappa shape index (κ1) is 14.9. The summed E-state index contributed by atoms with van der Waals surface area (Å²) in [6.45, 7) is 0.226. The fourth-order valence-corrected chi connectivity index (χ4v) is 2.58. The Morgan fingerprint density at radius 1 is 1.18 bits per heavy atom. The van der Waals surface area contributed by atoms with Gasteiger partial charge in [0.2, 0.25) is 0 Å². The molecule has 0 N–H and O–H groups in total. The summed E-state index contributed by atoms with van der Waals surface area (Å²) in [5.74, 6) is -0.164. The minimum absolute atomic E-state index is 0.153. The van der Waals surface area contributed by atoms with Crippen LogP contribution < -0.4 is 0 Å². The molecule has 0 spiro atoms. The van der Waals surface area contributed by atoms with Crippen LogP contribution in [0.4, 0.5) is 0 Å². The van der Waals surface area contributed by atoms with Crippen LogP contribution in [0, 0.1) is 0 Å². The van der Waals surface area contributed by atoms with E-state index in [0.717, 1.165) is 11.1 Å². The standard InChI is InChI=1S/C16H12ClNO3S/c17-12-7-5-11(6-8-12)9-20-15(19)10-22-16-18-13-3-1-2-4-14(13)21-16/h1-8H,9-10H2. The molecule has 112 valence electrons. The minimum Gasteiger partial charge on any atom is -0.460 e. The van der Waals surface area contributed by atoms with Crippen LogP contribution in [-0.2, 0) is 16.1 Å². The van der Waals surface area contributed by atoms with Crippen LogP contribution in [0.2, 0.25) is 5.02 Å². The van der Waals surface area contributed by atoms with Crippen molar-refractivity contribution in [2.75, 3.05) is 5.75 Å². The van der Waals surface area contributed by atoms with Gasteiger partial charge in [0.05, 0.1) is 0 Å². The van der Waals surface area contributed by atoms with Crippen molar-refractivity contribution in [3.63, 3.8) is 0 Å². The summed E-state index contributed by atoms with van der Waals surface area (Å²) >= 11 is 7.02. The van der Waals surface area contributed by atoms with Crippen LogP contribution in [-0.4, -0.2) is 16.7 Å². The van der Waals surface area contributed by atoms with E-state index in [-0.39, 0.29) is 18.3 Å². The molecule has 0 aliphatic rings. The molecule has 22 heavy (non-hydrogen) atoms. The number of halogens is 1. The Kier molecular flexibility index (Phi) is 4.65. The van der Waals surface area contributed by atoms with Gasteiger partial charge in [-0.25, -0.2) is 4.98 Å². The lowest BCUT2D eigenvalue weighted by Crippen LogP contribution is -2.07. The van der Waals surface area contributed by atoms with Crippen molar-refractivity contribution in [1.29, 1.82) is 0 Å². The summed E-state index contributed by atoms with van der Waals surface area (Å²) in [7, 11) is 0. The van der Waals surface area contributed by atoms with Crippen LogP contribution in [0.15, 0.2) is 58.2 Å². The van der Waals surface area contributed by atoms with Crippen molar-refractivity contribution in [3.8, 4) is 0 Å². The highest BCUT2D eigenvalue weighted by Crippen LogP contribution is 2.23. The first-order chi connectivity index (χ1) is 10.7. The Bertz CT molecular complexity index is 752. The number of carbonyl (C=O) groups excluding carboxylic acids is 1. The molecule has 0 radical (unpaired) electrons. The van der Waals surface area contributed by atoms with E-state index in [9.17, 15) is 4.79 Å². The molecule has 0 bridgehead atoms. The molecule has 0 amide bonds. The largest absolute Gasteiger partial charge is 0.460 e. The number of aromatic nitrogens is 1. The number of hydrogen-bond donors (Lipinski definition) is 0. The van der Waals surface area contributed by atoms with Crippen LogP contribution in [0.1, 0.15) is 5.56 Å². The number of ether oxygens (including phenoxy) is 1. The van der Waals surface area contributed by atoms with Gasteiger partial charge < -0.3 is 9.15 Å². The summed E-state index contributed by atoms with van der Waals surface area (Å²) in [6, 6.07) is 14.6. The third kappa shape index (κ3) is 3.81. The lowest BCUT2D eigenvalue weighted by atomic mass is 10.2. The molecule has 1 heterocycles. The lowest BCUT2D eigenvalue weighted by Gasteiger charge is -2.03. The summed E-state index contributed by atoms with van der Waals surface area (Å²) < 4.78 is 10.7. The Morgan fingerprint density at radius 3 is 2.73 bits per heavy atom. The monoisotopic (exact) mass is 333 g/mol. The molecule has 0 unspecified atom stereocenters. The molecule has 2 aromatic carbocycles. The summed E-state index contributed by atoms with van der Waals surface area (Å²) in [6.07, 6.45) is 0. The van der Waals surface area contributed by atoms with Gasteiger partial charge in [0, 0.05) is 5.02 Å². The second-order valence-electron chi connectivity index (χ2n) is 4.52. The average Bonchev–Trinajstić information content (AvgIpc) is 2.95. The van der Waals surface area contributed by atoms with E-state index in [1.165, 1.54) is 11.8 Å². The molecule has 0 fully saturated rings. The van der Waals surface area contributed by atoms with Crippen molar-refractivity contribution in [2.24, 2.45) is 0 Å². The molecule has 3 rings (SSSR count). The average molecular weight is 334 g/mol. The van der Waals surface area contributed by atoms with Crippen LogP contribution in [0.25, 0.3) is 11.1 Å². The molecule has 1 aromatic heterocycles. The minimum atomic E-state index is -0.317. The molecule has 0 saturated carbocycles. The maximum absolute atomic E-state index is 11.7. The van der Waals surface area contributed by atoms with Gasteiger partial charge in [-0.05, 0) is 29.8 Å². The second kappa shape index (κ2) is 6.85. The van der Waals surface area contributed by atoms with E-state index in [2.05, 4.69) is 4.98 Å². The van der Waals surface area contributed by atoms with Crippen molar-refractivity contribution in [3.05, 3.63) is 59.1 Å². The maximum atomic E-state index is 11.7. The zero-order chi connectivity index (χ0) is 15.4. The van der Waals surface area contributed by atoms with E-state index in [1.54, 1.807) is 12.1 Å². The van der Waals surface area contributed by atoms with Gasteiger partial charge >= 0.3 is 5.97 Å². The Balaban J connectivity index is 1.50. The van der Waals surface area contributed by atoms with Gasteiger partial charge in [0.15, 0.2) is 5.58 Å². The molecule has 3 aromatic rings. The maximum Gasteiger partial charge on any atom is 0.316 e. The second-order valence-corrected chi connectivity index (χ2v) is 5.89. The van der Waals surface area contributed by atoms with Gasteiger partial charge in [-0.15, -0.1) is 0 Å². The van der Waals surface area contributed by atoms with Crippen molar-refractivity contribution in [1.82, 2.24) is 4.98 Å². The first-order valence-electron chi connectivity index (χ1n) is 6.59. The SMILES string of the molecule is O=C(CSc1nc2ccccc2o1)OCc1ccc(Cl)cc1. The number of thioether (sulfide) groups is 1. The predicted octanol–water partition coefficient (Wildman–Crippen LogP) is 4.32. The molecular formula is C16H12ClNO3S. The van der Waals surface area contributed by atoms with E-state index in [0.29, 0.717) is 15.8 Å². The van der Waals surface area contributed by atoms with Crippen molar-refractivity contribution >= 4 is 40.4 Å². The van der Waals surface area contributed by atoms with Gasteiger partial charge in [0.1, 0.15) is 17.9 Å². The number of hydrogen-bond acceptors (Lipinski definition) is 5. The van der Waals surface area contributed by atoms with Gasteiger partial charge in [-0.1, -0.05) is 47.6 Å². The molecule has 6 heteroatoms. The predicted molar refractivity (Wildman–Crippen MR) is 86.0 cm³/mol. The number of carbonyl (C=O) groups is 1. The van der Waals surface area contributed by atoms with E-state index < -0.39 is 0 Å². The van der Waals surface area contributed by atoms with Gasteiger partial charge in [-0.3, -0.25) is 4.79 Å². The van der Waals surface area contributed by atoms with Crippen LogP contribution >= 0.6 is 23.4 Å². The number of para-hydroxylation sites is 2. The zero-order valence-corrected chi connectivity index (χ0v) is 13.1. The molecule has 0 aliphatic heterocycles. The zero-order valence-electron chi connectivity index (χ0n) is 11.5. The Morgan fingerprint density at radius 2 is 1.95 bits per heavy atom. The molecule has 0 atom stereocenters. The van der Waals surface area contributed by atoms with Crippen LogP contribution in [0.5, 0.6) is 0 Å². The number of fused-ring (bicyclic) bond motifs is 1. The van der Waals surface area contributed by atoms with Crippen LogP contribution in [0.3, 0.4) is 0 Å². The smallest absolute Gasteiger partial charge is 0.316 e. The van der Waals surface area contributed by atoms with E-state index in [1.807, 2.05) is 36.4 Å².